The first-order chi connectivity index (χ1) is 9.15. The van der Waals surface area contributed by atoms with Gasteiger partial charge in [0.15, 0.2) is 5.13 Å². The van der Waals surface area contributed by atoms with Crippen molar-refractivity contribution in [2.24, 2.45) is 0 Å². The Balaban J connectivity index is 1.61. The number of carboxylic acids is 1. The number of thiazole rings is 1. The van der Waals surface area contributed by atoms with Crippen LogP contribution in [0.15, 0.2) is 5.38 Å². The largest absolute Gasteiger partial charge is 0.481 e. The molecule has 2 rings (SSSR count). The molecular weight excluding hydrogens is 266 g/mol. The van der Waals surface area contributed by atoms with Gasteiger partial charge in [-0.05, 0) is 25.7 Å². The second kappa shape index (κ2) is 6.51. The van der Waals surface area contributed by atoms with Gasteiger partial charge in [-0.15, -0.1) is 11.3 Å². The first kappa shape index (κ1) is 13.8. The van der Waals surface area contributed by atoms with Crippen LogP contribution >= 0.6 is 11.3 Å². The van der Waals surface area contributed by atoms with Gasteiger partial charge in [-0.3, -0.25) is 10.1 Å². The van der Waals surface area contributed by atoms with Gasteiger partial charge < -0.3 is 10.4 Å². The molecule has 0 saturated heterocycles. The molecular formula is C12H17N3O3S. The van der Waals surface area contributed by atoms with Crippen molar-refractivity contribution in [1.29, 1.82) is 0 Å². The topological polar surface area (TPSA) is 91.3 Å². The van der Waals surface area contributed by atoms with Crippen LogP contribution in [-0.2, 0) is 4.79 Å². The zero-order chi connectivity index (χ0) is 13.7. The van der Waals surface area contributed by atoms with Gasteiger partial charge >= 0.3 is 12.0 Å². The van der Waals surface area contributed by atoms with Gasteiger partial charge in [-0.1, -0.05) is 0 Å². The molecule has 2 amide bonds. The van der Waals surface area contributed by atoms with Gasteiger partial charge in [0.05, 0.1) is 5.69 Å². The number of carboxylic acid groups (broad SMARTS) is 1. The molecule has 7 heteroatoms. The van der Waals surface area contributed by atoms with Crippen molar-refractivity contribution in [2.75, 3.05) is 11.9 Å². The fourth-order valence-electron chi connectivity index (χ4n) is 1.65. The predicted molar refractivity (Wildman–Crippen MR) is 72.6 cm³/mol. The van der Waals surface area contributed by atoms with Gasteiger partial charge in [-0.2, -0.15) is 0 Å². The summed E-state index contributed by atoms with van der Waals surface area (Å²) in [6, 6.07) is -0.285. The third-order valence-corrected chi connectivity index (χ3v) is 3.62. The molecule has 1 aliphatic rings. The number of urea groups is 1. The van der Waals surface area contributed by atoms with Crippen molar-refractivity contribution in [3.8, 4) is 0 Å². The number of aliphatic carboxylic acids is 1. The van der Waals surface area contributed by atoms with Gasteiger partial charge in [0.2, 0.25) is 0 Å². The number of aromatic nitrogens is 1. The quantitative estimate of drug-likeness (QED) is 0.670. The Bertz CT molecular complexity index is 457. The highest BCUT2D eigenvalue weighted by Crippen LogP contribution is 2.40. The van der Waals surface area contributed by atoms with Gasteiger partial charge in [0, 0.05) is 24.3 Å². The molecule has 1 aromatic rings. The number of rotatable bonds is 7. The van der Waals surface area contributed by atoms with Crippen molar-refractivity contribution < 1.29 is 14.7 Å². The lowest BCUT2D eigenvalue weighted by atomic mass is 10.2. The van der Waals surface area contributed by atoms with E-state index in [0.717, 1.165) is 5.69 Å². The number of anilines is 1. The summed E-state index contributed by atoms with van der Waals surface area (Å²) in [5.41, 5.74) is 1.07. The number of hydrogen-bond donors (Lipinski definition) is 3. The molecule has 1 saturated carbocycles. The van der Waals surface area contributed by atoms with Crippen LogP contribution in [0.4, 0.5) is 9.93 Å². The number of nitrogens with one attached hydrogen (secondary N) is 2. The van der Waals surface area contributed by atoms with Crippen LogP contribution in [0.3, 0.4) is 0 Å². The minimum Gasteiger partial charge on any atom is -0.481 e. The minimum absolute atomic E-state index is 0.139. The number of unbranched alkanes of at least 4 members (excludes halogenated alkanes) is 1. The summed E-state index contributed by atoms with van der Waals surface area (Å²) < 4.78 is 0. The highest BCUT2D eigenvalue weighted by molar-refractivity contribution is 7.13. The average molecular weight is 283 g/mol. The zero-order valence-electron chi connectivity index (χ0n) is 10.5. The van der Waals surface area contributed by atoms with Crippen LogP contribution in [0, 0.1) is 0 Å². The van der Waals surface area contributed by atoms with Crippen molar-refractivity contribution in [2.45, 2.75) is 38.0 Å². The Morgan fingerprint density at radius 3 is 2.89 bits per heavy atom. The van der Waals surface area contributed by atoms with Crippen LogP contribution < -0.4 is 10.6 Å². The summed E-state index contributed by atoms with van der Waals surface area (Å²) in [4.78, 5) is 26.2. The van der Waals surface area contributed by atoms with Gasteiger partial charge in [0.25, 0.3) is 0 Å². The van der Waals surface area contributed by atoms with Crippen LogP contribution in [0.1, 0.15) is 43.7 Å². The number of carbonyl (C=O) groups is 2. The monoisotopic (exact) mass is 283 g/mol. The van der Waals surface area contributed by atoms with E-state index < -0.39 is 5.97 Å². The first-order valence-electron chi connectivity index (χ1n) is 6.37. The molecule has 0 aliphatic heterocycles. The standard InChI is InChI=1S/C12H17N3O3S/c16-10(17)3-1-2-6-13-11(18)15-12-14-9(7-19-12)8-4-5-8/h7-8H,1-6H2,(H,16,17)(H2,13,14,15,18). The lowest BCUT2D eigenvalue weighted by Crippen LogP contribution is -2.29. The molecule has 0 spiro atoms. The van der Waals surface area contributed by atoms with Crippen molar-refractivity contribution in [1.82, 2.24) is 10.3 Å². The Hall–Kier alpha value is -1.63. The van der Waals surface area contributed by atoms with Gasteiger partial charge in [-0.25, -0.2) is 9.78 Å². The Kier molecular flexibility index (Phi) is 4.73. The molecule has 0 bridgehead atoms. The maximum Gasteiger partial charge on any atom is 0.321 e. The Morgan fingerprint density at radius 1 is 1.42 bits per heavy atom. The summed E-state index contributed by atoms with van der Waals surface area (Å²) in [5, 5.41) is 16.4. The van der Waals surface area contributed by atoms with E-state index in [4.69, 9.17) is 5.11 Å². The van der Waals surface area contributed by atoms with E-state index in [1.54, 1.807) is 0 Å². The lowest BCUT2D eigenvalue weighted by Gasteiger charge is -2.04. The number of nitrogens with zero attached hydrogens (tertiary/aromatic N) is 1. The van der Waals surface area contributed by atoms with Crippen molar-refractivity contribution in [3.05, 3.63) is 11.1 Å². The minimum atomic E-state index is -0.806. The number of carbonyl (C=O) groups excluding carboxylic acids is 1. The highest BCUT2D eigenvalue weighted by atomic mass is 32.1. The van der Waals surface area contributed by atoms with E-state index in [0.29, 0.717) is 30.4 Å². The van der Waals surface area contributed by atoms with E-state index in [9.17, 15) is 9.59 Å². The highest BCUT2D eigenvalue weighted by Gasteiger charge is 2.26. The lowest BCUT2D eigenvalue weighted by molar-refractivity contribution is -0.137. The van der Waals surface area contributed by atoms with Crippen LogP contribution in [0.25, 0.3) is 0 Å². The van der Waals surface area contributed by atoms with E-state index in [-0.39, 0.29) is 12.5 Å². The van der Waals surface area contributed by atoms with E-state index >= 15 is 0 Å². The van der Waals surface area contributed by atoms with Crippen LogP contribution in [-0.4, -0.2) is 28.6 Å². The molecule has 1 aliphatic carbocycles. The Morgan fingerprint density at radius 2 is 2.21 bits per heavy atom. The van der Waals surface area contributed by atoms with Crippen LogP contribution in [0.5, 0.6) is 0 Å². The number of hydrogen-bond acceptors (Lipinski definition) is 4. The molecule has 6 nitrogen and oxygen atoms in total. The summed E-state index contributed by atoms with van der Waals surface area (Å²) in [5.74, 6) is -0.217. The molecule has 0 unspecified atom stereocenters. The Labute approximate surface area is 115 Å². The number of amides is 2. The normalized spacial score (nSPS) is 14.1. The second-order valence-corrected chi connectivity index (χ2v) is 5.44. The molecule has 1 aromatic heterocycles. The zero-order valence-corrected chi connectivity index (χ0v) is 11.3. The molecule has 104 valence electrons. The maximum atomic E-state index is 11.5. The molecule has 0 radical (unpaired) electrons. The SMILES string of the molecule is O=C(O)CCCCNC(=O)Nc1nc(C2CC2)cs1. The molecule has 19 heavy (non-hydrogen) atoms. The fourth-order valence-corrected chi connectivity index (χ4v) is 2.44. The smallest absolute Gasteiger partial charge is 0.321 e. The fraction of sp³-hybridized carbons (Fsp3) is 0.583. The van der Waals surface area contributed by atoms with Crippen LogP contribution in [0.2, 0.25) is 0 Å². The molecule has 3 N–H and O–H groups in total. The van der Waals surface area contributed by atoms with Crippen molar-refractivity contribution in [3.63, 3.8) is 0 Å². The van der Waals surface area contributed by atoms with Gasteiger partial charge in [0.1, 0.15) is 0 Å². The molecule has 1 heterocycles. The predicted octanol–water partition coefficient (Wildman–Crippen LogP) is 2.40. The maximum absolute atomic E-state index is 11.5. The molecule has 0 aromatic carbocycles. The van der Waals surface area contributed by atoms with E-state index in [2.05, 4.69) is 15.6 Å². The van der Waals surface area contributed by atoms with Crippen molar-refractivity contribution >= 4 is 28.5 Å². The average Bonchev–Trinajstić information content (AvgIpc) is 3.10. The second-order valence-electron chi connectivity index (χ2n) is 4.58. The molecule has 1 fully saturated rings. The third-order valence-electron chi connectivity index (χ3n) is 2.84. The summed E-state index contributed by atoms with van der Waals surface area (Å²) >= 11 is 1.43. The summed E-state index contributed by atoms with van der Waals surface area (Å²) in [6.07, 6.45) is 3.75. The first-order valence-corrected chi connectivity index (χ1v) is 7.25. The molecule has 0 atom stereocenters. The van der Waals surface area contributed by atoms with E-state index in [1.807, 2.05) is 5.38 Å². The third kappa shape index (κ3) is 4.86. The summed E-state index contributed by atoms with van der Waals surface area (Å²) in [7, 11) is 0. The summed E-state index contributed by atoms with van der Waals surface area (Å²) in [6.45, 7) is 0.472. The van der Waals surface area contributed by atoms with E-state index in [1.165, 1.54) is 24.2 Å².